The van der Waals surface area contributed by atoms with Gasteiger partial charge < -0.3 is 19.9 Å². The first-order chi connectivity index (χ1) is 15.3. The molecular weight excluding hydrogens is 407 g/mol. The Morgan fingerprint density at radius 1 is 1.28 bits per heavy atom. The molecule has 0 bridgehead atoms. The molecule has 1 aromatic carbocycles. The van der Waals surface area contributed by atoms with Crippen LogP contribution in [0.2, 0.25) is 0 Å². The van der Waals surface area contributed by atoms with Crippen LogP contribution < -0.4 is 10.1 Å². The zero-order chi connectivity index (χ0) is 22.7. The average Bonchev–Trinajstić information content (AvgIpc) is 3.10. The van der Waals surface area contributed by atoms with Gasteiger partial charge in [0.05, 0.1) is 18.4 Å². The molecule has 3 heterocycles. The van der Waals surface area contributed by atoms with E-state index in [0.29, 0.717) is 18.8 Å². The lowest BCUT2D eigenvalue weighted by molar-refractivity contribution is 0.118. The van der Waals surface area contributed by atoms with Gasteiger partial charge in [0.15, 0.2) is 0 Å². The maximum absolute atomic E-state index is 13.3. The van der Waals surface area contributed by atoms with Crippen molar-refractivity contribution >= 4 is 6.03 Å². The summed E-state index contributed by atoms with van der Waals surface area (Å²) >= 11 is 0. The molecule has 2 aromatic rings. The summed E-state index contributed by atoms with van der Waals surface area (Å²) in [6, 6.07) is 9.20. The van der Waals surface area contributed by atoms with Gasteiger partial charge in [-0.2, -0.15) is 0 Å². The van der Waals surface area contributed by atoms with Crippen molar-refractivity contribution in [2.24, 2.45) is 0 Å². The van der Waals surface area contributed by atoms with Crippen LogP contribution in [-0.4, -0.2) is 52.1 Å². The Hall–Kier alpha value is -2.67. The summed E-state index contributed by atoms with van der Waals surface area (Å²) in [6.45, 7) is 10.1. The summed E-state index contributed by atoms with van der Waals surface area (Å²) in [5, 5.41) is 3.10. The van der Waals surface area contributed by atoms with Crippen molar-refractivity contribution in [3.05, 3.63) is 59.2 Å². The quantitative estimate of drug-likeness (QED) is 0.734. The third kappa shape index (κ3) is 5.38. The molecule has 0 atom stereocenters. The zero-order valence-electron chi connectivity index (χ0n) is 19.2. The number of rotatable bonds is 6. The lowest BCUT2D eigenvalue weighted by atomic mass is 10.0. The van der Waals surface area contributed by atoms with Gasteiger partial charge in [0.1, 0.15) is 17.2 Å². The van der Waals surface area contributed by atoms with E-state index in [0.717, 1.165) is 50.2 Å². The summed E-state index contributed by atoms with van der Waals surface area (Å²) in [7, 11) is 0. The Kier molecular flexibility index (Phi) is 6.65. The minimum absolute atomic E-state index is 0.108. The van der Waals surface area contributed by atoms with E-state index in [9.17, 15) is 9.18 Å². The second kappa shape index (κ2) is 9.45. The number of ether oxygens (including phenoxy) is 1. The Balaban J connectivity index is 1.43. The summed E-state index contributed by atoms with van der Waals surface area (Å²) in [6.07, 6.45) is 3.92. The number of hydrogen-bond donors (Lipinski definition) is 1. The molecule has 1 aromatic heterocycles. The van der Waals surface area contributed by atoms with E-state index in [1.807, 2.05) is 17.0 Å². The van der Waals surface area contributed by atoms with Gasteiger partial charge in [-0.3, -0.25) is 4.98 Å². The van der Waals surface area contributed by atoms with Gasteiger partial charge in [-0.15, -0.1) is 0 Å². The smallest absolute Gasteiger partial charge is 0.318 e. The van der Waals surface area contributed by atoms with E-state index in [-0.39, 0.29) is 23.5 Å². The largest absolute Gasteiger partial charge is 0.487 e. The molecule has 0 aliphatic carbocycles. The Morgan fingerprint density at radius 3 is 2.75 bits per heavy atom. The van der Waals surface area contributed by atoms with Crippen LogP contribution in [0.5, 0.6) is 5.75 Å². The van der Waals surface area contributed by atoms with Crippen LogP contribution in [0.25, 0.3) is 0 Å². The second-order valence-electron chi connectivity index (χ2n) is 9.40. The summed E-state index contributed by atoms with van der Waals surface area (Å²) in [5.41, 5.74) is 2.74. The molecule has 172 valence electrons. The van der Waals surface area contributed by atoms with Gasteiger partial charge in [0.25, 0.3) is 0 Å². The molecule has 4 rings (SSSR count). The summed E-state index contributed by atoms with van der Waals surface area (Å²) in [4.78, 5) is 21.7. The van der Waals surface area contributed by atoms with Gasteiger partial charge in [-0.25, -0.2) is 9.18 Å². The molecule has 7 heteroatoms. The maximum atomic E-state index is 13.3. The fourth-order valence-electron chi connectivity index (χ4n) is 4.64. The fraction of sp³-hybridized carbons (Fsp3) is 0.520. The number of carbonyl (C=O) groups is 1. The highest BCUT2D eigenvalue weighted by atomic mass is 19.1. The number of carbonyl (C=O) groups excluding carboxylic acids is 1. The Labute approximate surface area is 189 Å². The molecule has 2 aliphatic heterocycles. The van der Waals surface area contributed by atoms with Gasteiger partial charge in [-0.1, -0.05) is 19.1 Å². The molecule has 6 nitrogen and oxygen atoms in total. The van der Waals surface area contributed by atoms with Crippen molar-refractivity contribution in [1.29, 1.82) is 0 Å². The van der Waals surface area contributed by atoms with E-state index in [1.165, 1.54) is 17.8 Å². The van der Waals surface area contributed by atoms with Crippen molar-refractivity contribution in [3.63, 3.8) is 0 Å². The molecule has 1 saturated heterocycles. The first kappa shape index (κ1) is 22.5. The van der Waals surface area contributed by atoms with Gasteiger partial charge in [0.2, 0.25) is 0 Å². The first-order valence-electron chi connectivity index (χ1n) is 11.5. The molecule has 0 radical (unpaired) electrons. The van der Waals surface area contributed by atoms with Crippen molar-refractivity contribution < 1.29 is 13.9 Å². The summed E-state index contributed by atoms with van der Waals surface area (Å²) < 4.78 is 19.3. The lowest BCUT2D eigenvalue weighted by Gasteiger charge is -2.38. The number of piperidine rings is 1. The monoisotopic (exact) mass is 440 g/mol. The molecule has 0 spiro atoms. The number of halogens is 1. The lowest BCUT2D eigenvalue weighted by Crippen LogP contribution is -2.50. The van der Waals surface area contributed by atoms with E-state index in [2.05, 4.69) is 42.0 Å². The van der Waals surface area contributed by atoms with Crippen molar-refractivity contribution in [1.82, 2.24) is 20.1 Å². The van der Waals surface area contributed by atoms with Crippen LogP contribution in [0.3, 0.4) is 0 Å². The molecule has 0 unspecified atom stereocenters. The molecule has 32 heavy (non-hydrogen) atoms. The Morgan fingerprint density at radius 2 is 2.06 bits per heavy atom. The average molecular weight is 441 g/mol. The third-order valence-electron chi connectivity index (χ3n) is 6.40. The second-order valence-corrected chi connectivity index (χ2v) is 9.40. The third-order valence-corrected chi connectivity index (χ3v) is 6.40. The van der Waals surface area contributed by atoms with Crippen LogP contribution in [0.15, 0.2) is 36.5 Å². The van der Waals surface area contributed by atoms with Gasteiger partial charge in [-0.05, 0) is 62.6 Å². The predicted octanol–water partition coefficient (Wildman–Crippen LogP) is 4.13. The number of urea groups is 1. The number of nitrogens with one attached hydrogen (secondary N) is 1. The molecule has 0 saturated carbocycles. The van der Waals surface area contributed by atoms with E-state index >= 15 is 0 Å². The molecule has 1 fully saturated rings. The number of nitrogens with zero attached hydrogens (tertiary/aromatic N) is 3. The SMILES string of the molecule is CCN1CCC(N(Cc2ccc(F)cn2)C(=O)NCc2ccc3c(c2)CC(C)(C)O3)CC1. The van der Waals surface area contributed by atoms with Gasteiger partial charge >= 0.3 is 6.03 Å². The number of benzene rings is 1. The van der Waals surface area contributed by atoms with E-state index in [4.69, 9.17) is 4.74 Å². The number of aromatic nitrogens is 1. The fourth-order valence-corrected chi connectivity index (χ4v) is 4.64. The maximum Gasteiger partial charge on any atom is 0.318 e. The van der Waals surface area contributed by atoms with Gasteiger partial charge in [0, 0.05) is 32.1 Å². The number of pyridine rings is 1. The van der Waals surface area contributed by atoms with Crippen LogP contribution >= 0.6 is 0 Å². The normalized spacial score (nSPS) is 18.1. The number of likely N-dealkylation sites (tertiary alicyclic amines) is 1. The summed E-state index contributed by atoms with van der Waals surface area (Å²) in [5.74, 6) is 0.557. The van der Waals surface area contributed by atoms with Crippen LogP contribution in [0.1, 0.15) is 50.4 Å². The van der Waals surface area contributed by atoms with E-state index in [1.54, 1.807) is 6.07 Å². The van der Waals surface area contributed by atoms with Crippen LogP contribution in [0, 0.1) is 5.82 Å². The van der Waals surface area contributed by atoms with E-state index < -0.39 is 0 Å². The van der Waals surface area contributed by atoms with Crippen LogP contribution in [0.4, 0.5) is 9.18 Å². The standard InChI is InChI=1S/C25H33FN4O2/c1-4-29-11-9-22(10-12-29)30(17-21-7-6-20(26)16-27-21)24(31)28-15-18-5-8-23-19(13-18)14-25(2,3)32-23/h5-8,13,16,22H,4,9-12,14-15,17H2,1-3H3,(H,28,31). The number of hydrogen-bond acceptors (Lipinski definition) is 4. The first-order valence-corrected chi connectivity index (χ1v) is 11.5. The molecule has 2 aliphatic rings. The molecule has 1 N–H and O–H groups in total. The number of fused-ring (bicyclic) bond motifs is 1. The predicted molar refractivity (Wildman–Crippen MR) is 122 cm³/mol. The topological polar surface area (TPSA) is 57.7 Å². The van der Waals surface area contributed by atoms with Crippen molar-refractivity contribution in [2.75, 3.05) is 19.6 Å². The van der Waals surface area contributed by atoms with Crippen molar-refractivity contribution in [2.45, 2.75) is 64.8 Å². The van der Waals surface area contributed by atoms with Crippen LogP contribution in [-0.2, 0) is 19.5 Å². The minimum atomic E-state index is -0.371. The Bertz CT molecular complexity index is 939. The highest BCUT2D eigenvalue weighted by Crippen LogP contribution is 2.35. The minimum Gasteiger partial charge on any atom is -0.487 e. The number of amides is 2. The molecular formula is C25H33FN4O2. The zero-order valence-corrected chi connectivity index (χ0v) is 19.2. The highest BCUT2D eigenvalue weighted by molar-refractivity contribution is 5.74. The highest BCUT2D eigenvalue weighted by Gasteiger charge is 2.30. The van der Waals surface area contributed by atoms with Crippen molar-refractivity contribution in [3.8, 4) is 5.75 Å². The molecule has 2 amide bonds.